The summed E-state index contributed by atoms with van der Waals surface area (Å²) in [5, 5.41) is 9.38. The molecule has 0 aromatic carbocycles. The molecule has 0 spiro atoms. The smallest absolute Gasteiger partial charge is 0.403 e. The van der Waals surface area contributed by atoms with E-state index in [-0.39, 0.29) is 6.29 Å². The van der Waals surface area contributed by atoms with Crippen molar-refractivity contribution in [1.82, 2.24) is 4.98 Å². The Hall–Kier alpha value is -1.90. The summed E-state index contributed by atoms with van der Waals surface area (Å²) < 4.78 is 39.4. The van der Waals surface area contributed by atoms with Crippen LogP contribution in [0.15, 0.2) is 6.20 Å². The van der Waals surface area contributed by atoms with E-state index in [0.717, 1.165) is 0 Å². The zero-order valence-electron chi connectivity index (χ0n) is 7.69. The van der Waals surface area contributed by atoms with Crippen molar-refractivity contribution in [2.75, 3.05) is 0 Å². The Morgan fingerprint density at radius 1 is 1.53 bits per heavy atom. The highest BCUT2D eigenvalue weighted by atomic mass is 35.5. The topological polar surface area (TPSA) is 82.3 Å². The van der Waals surface area contributed by atoms with Gasteiger partial charge in [-0.15, -0.1) is 13.2 Å². The molecule has 0 amide bonds. The van der Waals surface area contributed by atoms with Crippen molar-refractivity contribution in [3.05, 3.63) is 26.9 Å². The number of aldehydes is 1. The predicted octanol–water partition coefficient (Wildman–Crippen LogP) is 2.35. The zero-order chi connectivity index (χ0) is 13.2. The Morgan fingerprint density at radius 2 is 2.12 bits per heavy atom. The van der Waals surface area contributed by atoms with Gasteiger partial charge in [0.1, 0.15) is 5.56 Å². The van der Waals surface area contributed by atoms with Crippen molar-refractivity contribution in [3.8, 4) is 5.75 Å². The van der Waals surface area contributed by atoms with Crippen LogP contribution in [-0.4, -0.2) is 22.6 Å². The molecule has 10 heteroatoms. The molecule has 0 atom stereocenters. The molecule has 0 aliphatic heterocycles. The molecule has 1 rings (SSSR count). The summed E-state index contributed by atoms with van der Waals surface area (Å²) >= 11 is 5.31. The van der Waals surface area contributed by atoms with Gasteiger partial charge in [-0.25, -0.2) is 0 Å². The van der Waals surface area contributed by atoms with Crippen molar-refractivity contribution in [2.24, 2.45) is 0 Å². The summed E-state index contributed by atoms with van der Waals surface area (Å²) in [4.78, 5) is 22.8. The van der Waals surface area contributed by atoms with Gasteiger partial charge in [-0.3, -0.25) is 4.79 Å². The Labute approximate surface area is 96.1 Å². The van der Waals surface area contributed by atoms with Gasteiger partial charge >= 0.3 is 12.2 Å². The predicted molar refractivity (Wildman–Crippen MR) is 48.0 cm³/mol. The third-order valence-corrected chi connectivity index (χ3v) is 1.84. The second kappa shape index (κ2) is 4.53. The fraction of sp³-hybridized carbons (Fsp3) is 0.143. The highest BCUT2D eigenvalue weighted by Gasteiger charge is 2.35. The Morgan fingerprint density at radius 3 is 2.53 bits per heavy atom. The average molecular weight is 271 g/mol. The van der Waals surface area contributed by atoms with Gasteiger partial charge in [0, 0.05) is 0 Å². The van der Waals surface area contributed by atoms with Crippen LogP contribution in [-0.2, 0) is 0 Å². The molecule has 0 N–H and O–H groups in total. The lowest BCUT2D eigenvalue weighted by atomic mass is 10.3. The van der Waals surface area contributed by atoms with E-state index in [0.29, 0.717) is 6.20 Å². The summed E-state index contributed by atoms with van der Waals surface area (Å²) in [7, 11) is 0. The maximum absolute atomic E-state index is 12.0. The molecule has 0 radical (unpaired) electrons. The molecule has 6 nitrogen and oxygen atoms in total. The average Bonchev–Trinajstić information content (AvgIpc) is 2.18. The van der Waals surface area contributed by atoms with Gasteiger partial charge in [0.25, 0.3) is 0 Å². The fourth-order valence-corrected chi connectivity index (χ4v) is 1.17. The van der Waals surface area contributed by atoms with Gasteiger partial charge < -0.3 is 14.9 Å². The molecule has 1 heterocycles. The lowest BCUT2D eigenvalue weighted by Gasteiger charge is -2.10. The first-order valence-electron chi connectivity index (χ1n) is 3.80. The largest absolute Gasteiger partial charge is 0.573 e. The first-order chi connectivity index (χ1) is 7.76. The maximum atomic E-state index is 12.0. The van der Waals surface area contributed by atoms with Crippen molar-refractivity contribution in [2.45, 2.75) is 6.36 Å². The number of carbonyl (C=O) groups excluding carboxylic acids is 1. The minimum Gasteiger partial charge on any atom is -0.403 e. The first kappa shape index (κ1) is 13.2. The number of hydrogen-bond acceptors (Lipinski definition) is 5. The summed E-state index contributed by atoms with van der Waals surface area (Å²) in [6.07, 6.45) is -4.57. The van der Waals surface area contributed by atoms with Gasteiger partial charge in [0.2, 0.25) is 0 Å². The molecule has 0 aliphatic carbocycles. The SMILES string of the molecule is O=Cc1cnc([N+](=O)[O-])c(Cl)c1OC(F)(F)F. The molecule has 0 unspecified atom stereocenters. The summed E-state index contributed by atoms with van der Waals surface area (Å²) in [6, 6.07) is 0. The number of carbonyl (C=O) groups is 1. The third kappa shape index (κ3) is 3.03. The van der Waals surface area contributed by atoms with Crippen LogP contribution in [0.4, 0.5) is 19.0 Å². The molecule has 0 bridgehead atoms. The minimum absolute atomic E-state index is 0.0102. The molecule has 0 fully saturated rings. The van der Waals surface area contributed by atoms with E-state index in [1.54, 1.807) is 0 Å². The van der Waals surface area contributed by atoms with Gasteiger partial charge in [-0.2, -0.15) is 0 Å². The normalized spacial score (nSPS) is 11.1. The van der Waals surface area contributed by atoms with Gasteiger partial charge in [-0.1, -0.05) is 11.6 Å². The molecule has 0 aliphatic rings. The van der Waals surface area contributed by atoms with Gasteiger partial charge in [0.05, 0.1) is 0 Å². The van der Waals surface area contributed by atoms with Crippen LogP contribution >= 0.6 is 11.6 Å². The number of hydrogen-bond donors (Lipinski definition) is 0. The number of rotatable bonds is 3. The molecule has 17 heavy (non-hydrogen) atoms. The summed E-state index contributed by atoms with van der Waals surface area (Å²) in [5.41, 5.74) is -0.641. The number of aromatic nitrogens is 1. The Balaban J connectivity index is 3.37. The van der Waals surface area contributed by atoms with Crippen LogP contribution in [0.1, 0.15) is 10.4 Å². The number of ether oxygens (including phenoxy) is 1. The molecule has 92 valence electrons. The van der Waals surface area contributed by atoms with Crippen molar-refractivity contribution in [3.63, 3.8) is 0 Å². The second-order valence-corrected chi connectivity index (χ2v) is 2.98. The lowest BCUT2D eigenvalue weighted by Crippen LogP contribution is -2.19. The Kier molecular flexibility index (Phi) is 3.51. The molecule has 1 aromatic heterocycles. The van der Waals surface area contributed by atoms with E-state index in [1.165, 1.54) is 0 Å². The summed E-state index contributed by atoms with van der Waals surface area (Å²) in [6.45, 7) is 0. The van der Waals surface area contributed by atoms with Gasteiger partial charge in [0.15, 0.2) is 23.3 Å². The summed E-state index contributed by atoms with van der Waals surface area (Å²) in [5.74, 6) is -2.17. The third-order valence-electron chi connectivity index (χ3n) is 1.50. The lowest BCUT2D eigenvalue weighted by molar-refractivity contribution is -0.389. The number of alkyl halides is 3. The maximum Gasteiger partial charge on any atom is 0.573 e. The van der Waals surface area contributed by atoms with Crippen LogP contribution in [0.3, 0.4) is 0 Å². The molecule has 0 saturated heterocycles. The van der Waals surface area contributed by atoms with E-state index in [9.17, 15) is 28.1 Å². The molecular formula is C7H2ClF3N2O4. The van der Waals surface area contributed by atoms with Gasteiger partial charge in [-0.05, 0) is 9.91 Å². The van der Waals surface area contributed by atoms with Crippen LogP contribution < -0.4 is 4.74 Å². The van der Waals surface area contributed by atoms with Crippen molar-refractivity contribution >= 4 is 23.7 Å². The highest BCUT2D eigenvalue weighted by Crippen LogP contribution is 2.37. The molecular weight excluding hydrogens is 269 g/mol. The van der Waals surface area contributed by atoms with E-state index in [2.05, 4.69) is 9.72 Å². The van der Waals surface area contributed by atoms with E-state index in [4.69, 9.17) is 11.6 Å². The fourth-order valence-electron chi connectivity index (χ4n) is 0.905. The van der Waals surface area contributed by atoms with Crippen molar-refractivity contribution < 1.29 is 27.6 Å². The number of pyridine rings is 1. The number of nitro groups is 1. The number of halogens is 4. The van der Waals surface area contributed by atoms with E-state index >= 15 is 0 Å². The highest BCUT2D eigenvalue weighted by molar-refractivity contribution is 6.34. The minimum atomic E-state index is -5.13. The quantitative estimate of drug-likeness (QED) is 0.478. The van der Waals surface area contributed by atoms with E-state index in [1.807, 2.05) is 0 Å². The zero-order valence-corrected chi connectivity index (χ0v) is 8.45. The standard InChI is InChI=1S/C7H2ClF3N2O4/c8-4-5(17-7(9,10)11)3(2-14)1-12-6(4)13(15)16/h1-2H. The first-order valence-corrected chi connectivity index (χ1v) is 4.18. The van der Waals surface area contributed by atoms with Crippen LogP contribution in [0.25, 0.3) is 0 Å². The monoisotopic (exact) mass is 270 g/mol. The van der Waals surface area contributed by atoms with Crippen LogP contribution in [0.5, 0.6) is 5.75 Å². The number of nitrogens with zero attached hydrogens (tertiary/aromatic N) is 2. The molecule has 0 saturated carbocycles. The van der Waals surface area contributed by atoms with Crippen molar-refractivity contribution in [1.29, 1.82) is 0 Å². The van der Waals surface area contributed by atoms with Crippen LogP contribution in [0.2, 0.25) is 5.02 Å². The second-order valence-electron chi connectivity index (χ2n) is 2.60. The molecule has 1 aromatic rings. The Bertz CT molecular complexity index is 477. The van der Waals surface area contributed by atoms with E-state index < -0.39 is 33.4 Å². The van der Waals surface area contributed by atoms with Crippen LogP contribution in [0, 0.1) is 10.1 Å².